The fraction of sp³-hybridized carbons (Fsp3) is 0.565. The average Bonchev–Trinajstić information content (AvgIpc) is 3.17. The van der Waals surface area contributed by atoms with Crippen molar-refractivity contribution in [2.24, 2.45) is 17.8 Å². The van der Waals surface area contributed by atoms with Crippen molar-refractivity contribution in [3.05, 3.63) is 17.3 Å². The van der Waals surface area contributed by atoms with Gasteiger partial charge in [-0.1, -0.05) is 6.92 Å². The number of carbonyl (C=O) groups is 1. The van der Waals surface area contributed by atoms with Gasteiger partial charge in [0, 0.05) is 31.4 Å². The van der Waals surface area contributed by atoms with Crippen molar-refractivity contribution in [3.8, 4) is 17.4 Å². The number of pyridine rings is 1. The first-order valence-electron chi connectivity index (χ1n) is 11.6. The molecule has 2 aliphatic carbocycles. The van der Waals surface area contributed by atoms with Crippen LogP contribution in [-0.4, -0.2) is 83.0 Å². The molecule has 1 amide bonds. The normalized spacial score (nSPS) is 24.4. The number of likely N-dealkylation sites (N-methyl/N-ethyl adjacent to an activating group) is 1. The molecular formula is C23H29N7O3. The number of amides is 1. The first-order chi connectivity index (χ1) is 16.0. The second-order valence-corrected chi connectivity index (χ2v) is 9.44. The molecule has 0 bridgehead atoms. The lowest BCUT2D eigenvalue weighted by Gasteiger charge is -2.28. The number of ether oxygens (including phenoxy) is 2. The summed E-state index contributed by atoms with van der Waals surface area (Å²) in [7, 11) is 3.31. The number of carbonyl (C=O) groups excluding carboxylic acids is 1. The number of hydrogen-bond donors (Lipinski definition) is 2. The summed E-state index contributed by atoms with van der Waals surface area (Å²) in [6.45, 7) is 5.49. The SMILES string of the molecule is COc1nc2nc(-c3n[nH]c4c3CC3C(C4)[C@H]3C)[nH]c2cc1N(C)C(=O)CN1CCOCC1. The smallest absolute Gasteiger partial charge is 0.241 e. The third-order valence-corrected chi connectivity index (χ3v) is 7.63. The maximum atomic E-state index is 12.9. The number of fused-ring (bicyclic) bond motifs is 3. The van der Waals surface area contributed by atoms with Crippen LogP contribution >= 0.6 is 0 Å². The van der Waals surface area contributed by atoms with Gasteiger partial charge in [0.1, 0.15) is 11.4 Å². The number of H-pyrrole nitrogens is 2. The summed E-state index contributed by atoms with van der Waals surface area (Å²) < 4.78 is 10.9. The topological polar surface area (TPSA) is 112 Å². The molecule has 0 radical (unpaired) electrons. The van der Waals surface area contributed by atoms with E-state index in [4.69, 9.17) is 14.5 Å². The number of hydrogen-bond acceptors (Lipinski definition) is 7. The van der Waals surface area contributed by atoms with Gasteiger partial charge in [0.05, 0.1) is 32.4 Å². The van der Waals surface area contributed by atoms with Gasteiger partial charge in [-0.15, -0.1) is 0 Å². The van der Waals surface area contributed by atoms with Gasteiger partial charge in [0.2, 0.25) is 11.8 Å². The molecule has 6 rings (SSSR count). The molecule has 2 N–H and O–H groups in total. The van der Waals surface area contributed by atoms with Gasteiger partial charge in [0.15, 0.2) is 11.5 Å². The van der Waals surface area contributed by atoms with Crippen LogP contribution in [0.15, 0.2) is 6.07 Å². The highest BCUT2D eigenvalue weighted by molar-refractivity contribution is 5.97. The highest BCUT2D eigenvalue weighted by Gasteiger charge is 2.50. The van der Waals surface area contributed by atoms with E-state index < -0.39 is 0 Å². The molecule has 3 aliphatic rings. The molecular weight excluding hydrogens is 422 g/mol. The first kappa shape index (κ1) is 20.6. The number of morpholine rings is 1. The number of aromatic amines is 2. The van der Waals surface area contributed by atoms with E-state index in [1.165, 1.54) is 11.3 Å². The molecule has 10 heteroatoms. The maximum absolute atomic E-state index is 12.9. The number of rotatable bonds is 5. The van der Waals surface area contributed by atoms with Crippen molar-refractivity contribution in [2.45, 2.75) is 19.8 Å². The minimum absolute atomic E-state index is 0.0226. The number of nitrogens with zero attached hydrogens (tertiary/aromatic N) is 5. The van der Waals surface area contributed by atoms with E-state index in [1.54, 1.807) is 19.1 Å². The summed E-state index contributed by atoms with van der Waals surface area (Å²) in [6.07, 6.45) is 2.12. The molecule has 3 atom stereocenters. The van der Waals surface area contributed by atoms with E-state index in [0.29, 0.717) is 42.8 Å². The van der Waals surface area contributed by atoms with Gasteiger partial charge >= 0.3 is 0 Å². The Kier molecular flexibility index (Phi) is 4.88. The Morgan fingerprint density at radius 1 is 1.27 bits per heavy atom. The van der Waals surface area contributed by atoms with Crippen LogP contribution in [0.25, 0.3) is 22.7 Å². The van der Waals surface area contributed by atoms with Gasteiger partial charge in [-0.05, 0) is 36.7 Å². The van der Waals surface area contributed by atoms with Crippen LogP contribution in [0.2, 0.25) is 0 Å². The van der Waals surface area contributed by atoms with Crippen LogP contribution in [0, 0.1) is 17.8 Å². The monoisotopic (exact) mass is 451 g/mol. The van der Waals surface area contributed by atoms with Gasteiger partial charge in [-0.25, -0.2) is 4.98 Å². The van der Waals surface area contributed by atoms with Crippen molar-refractivity contribution >= 4 is 22.8 Å². The molecule has 1 saturated carbocycles. The molecule has 1 saturated heterocycles. The van der Waals surface area contributed by atoms with E-state index in [2.05, 4.69) is 32.0 Å². The Hall–Kier alpha value is -2.98. The summed E-state index contributed by atoms with van der Waals surface area (Å²) in [5, 5.41) is 7.81. The summed E-state index contributed by atoms with van der Waals surface area (Å²) in [5.41, 5.74) is 5.28. The zero-order valence-electron chi connectivity index (χ0n) is 19.2. The van der Waals surface area contributed by atoms with Crippen LogP contribution in [0.3, 0.4) is 0 Å². The fourth-order valence-corrected chi connectivity index (χ4v) is 5.38. The van der Waals surface area contributed by atoms with Gasteiger partial charge in [-0.3, -0.25) is 14.8 Å². The summed E-state index contributed by atoms with van der Waals surface area (Å²) in [6, 6.07) is 1.88. The largest absolute Gasteiger partial charge is 0.479 e. The Balaban J connectivity index is 1.29. The second-order valence-electron chi connectivity index (χ2n) is 9.44. The van der Waals surface area contributed by atoms with E-state index in [1.807, 2.05) is 6.07 Å². The van der Waals surface area contributed by atoms with Crippen LogP contribution in [0.5, 0.6) is 5.88 Å². The fourth-order valence-electron chi connectivity index (χ4n) is 5.38. The van der Waals surface area contributed by atoms with Crippen molar-refractivity contribution < 1.29 is 14.3 Å². The molecule has 3 aromatic rings. The Bertz CT molecular complexity index is 1210. The summed E-state index contributed by atoms with van der Waals surface area (Å²) >= 11 is 0. The number of anilines is 1. The van der Waals surface area contributed by atoms with Crippen LogP contribution < -0.4 is 9.64 Å². The Morgan fingerprint density at radius 2 is 2.06 bits per heavy atom. The lowest BCUT2D eigenvalue weighted by atomic mass is 9.96. The molecule has 33 heavy (non-hydrogen) atoms. The van der Waals surface area contributed by atoms with Gasteiger partial charge in [0.25, 0.3) is 0 Å². The third kappa shape index (κ3) is 3.48. The van der Waals surface area contributed by atoms with E-state index in [0.717, 1.165) is 54.9 Å². The highest BCUT2D eigenvalue weighted by Crippen LogP contribution is 2.54. The first-order valence-corrected chi connectivity index (χ1v) is 11.6. The van der Waals surface area contributed by atoms with E-state index >= 15 is 0 Å². The van der Waals surface area contributed by atoms with Gasteiger partial charge < -0.3 is 19.4 Å². The average molecular weight is 452 g/mol. The number of methoxy groups -OCH3 is 1. The van der Waals surface area contributed by atoms with E-state index in [-0.39, 0.29) is 5.91 Å². The molecule has 174 valence electrons. The second kappa shape index (κ2) is 7.81. The predicted octanol–water partition coefficient (Wildman–Crippen LogP) is 1.63. The Labute approximate surface area is 191 Å². The van der Waals surface area contributed by atoms with Crippen LogP contribution in [-0.2, 0) is 22.4 Å². The van der Waals surface area contributed by atoms with Crippen molar-refractivity contribution in [1.29, 1.82) is 0 Å². The lowest BCUT2D eigenvalue weighted by Crippen LogP contribution is -2.43. The number of nitrogens with one attached hydrogen (secondary N) is 2. The molecule has 2 fully saturated rings. The number of aromatic nitrogens is 5. The van der Waals surface area contributed by atoms with Crippen LogP contribution in [0.4, 0.5) is 5.69 Å². The molecule has 3 aromatic heterocycles. The minimum atomic E-state index is -0.0226. The van der Waals surface area contributed by atoms with Crippen molar-refractivity contribution in [3.63, 3.8) is 0 Å². The standard InChI is InChI=1S/C23H29N7O3/c1-12-13-8-15-16(9-14(12)13)27-28-20(15)22-24-17-10-18(23(32-3)26-21(17)25-22)29(2)19(31)11-30-4-6-33-7-5-30/h10,12-14H,4-9,11H2,1-3H3,(H,27,28)(H,24,25,26)/t12-,13?,14?/m0/s1. The predicted molar refractivity (Wildman–Crippen MR) is 122 cm³/mol. The maximum Gasteiger partial charge on any atom is 0.241 e. The van der Waals surface area contributed by atoms with Crippen molar-refractivity contribution in [1.82, 2.24) is 30.0 Å². The third-order valence-electron chi connectivity index (χ3n) is 7.63. The van der Waals surface area contributed by atoms with Crippen LogP contribution in [0.1, 0.15) is 18.2 Å². The van der Waals surface area contributed by atoms with E-state index in [9.17, 15) is 4.79 Å². The number of imidazole rings is 1. The molecule has 10 nitrogen and oxygen atoms in total. The zero-order valence-corrected chi connectivity index (χ0v) is 19.2. The molecule has 0 aromatic carbocycles. The van der Waals surface area contributed by atoms with Crippen molar-refractivity contribution in [2.75, 3.05) is 51.9 Å². The quantitative estimate of drug-likeness (QED) is 0.606. The molecule has 0 spiro atoms. The minimum Gasteiger partial charge on any atom is -0.479 e. The van der Waals surface area contributed by atoms with Gasteiger partial charge in [-0.2, -0.15) is 10.1 Å². The molecule has 1 aliphatic heterocycles. The molecule has 4 heterocycles. The zero-order chi connectivity index (χ0) is 22.7. The Morgan fingerprint density at radius 3 is 2.85 bits per heavy atom. The lowest BCUT2D eigenvalue weighted by molar-refractivity contribution is -0.120. The molecule has 2 unspecified atom stereocenters. The summed E-state index contributed by atoms with van der Waals surface area (Å²) in [5.74, 6) is 3.38. The highest BCUT2D eigenvalue weighted by atomic mass is 16.5. The summed E-state index contributed by atoms with van der Waals surface area (Å²) in [4.78, 5) is 29.3.